The number of hydrogen-bond donors (Lipinski definition) is 2. The van der Waals surface area contributed by atoms with Gasteiger partial charge in [-0.3, -0.25) is 14.7 Å². The first-order valence-corrected chi connectivity index (χ1v) is 9.14. The van der Waals surface area contributed by atoms with Crippen molar-refractivity contribution in [1.82, 2.24) is 20.1 Å². The first-order chi connectivity index (χ1) is 12.4. The highest BCUT2D eigenvalue weighted by molar-refractivity contribution is 7.71. The van der Waals surface area contributed by atoms with Gasteiger partial charge < -0.3 is 14.8 Å². The van der Waals surface area contributed by atoms with E-state index in [1.807, 2.05) is 30.5 Å². The van der Waals surface area contributed by atoms with E-state index < -0.39 is 0 Å². The number of amides is 2. The molecule has 2 amide bonds. The van der Waals surface area contributed by atoms with Gasteiger partial charge in [-0.25, -0.2) is 0 Å². The Bertz CT molecular complexity index is 899. The summed E-state index contributed by atoms with van der Waals surface area (Å²) in [5, 5.41) is 9.96. The fourth-order valence-corrected chi connectivity index (χ4v) is 3.67. The number of hydrogen-bond acceptors (Lipinski definition) is 4. The topological polar surface area (TPSA) is 83.0 Å². The third-order valence-corrected chi connectivity index (χ3v) is 4.83. The molecule has 2 heterocycles. The maximum Gasteiger partial charge on any atom is 0.251 e. The second kappa shape index (κ2) is 7.41. The van der Waals surface area contributed by atoms with Crippen LogP contribution in [0.15, 0.2) is 18.2 Å². The van der Waals surface area contributed by atoms with Crippen molar-refractivity contribution in [3.63, 3.8) is 0 Å². The van der Waals surface area contributed by atoms with Gasteiger partial charge in [0.25, 0.3) is 5.91 Å². The van der Waals surface area contributed by atoms with E-state index in [4.69, 9.17) is 12.2 Å². The molecule has 0 saturated carbocycles. The van der Waals surface area contributed by atoms with Gasteiger partial charge in [0.1, 0.15) is 5.82 Å². The lowest BCUT2D eigenvalue weighted by Crippen LogP contribution is -2.27. The van der Waals surface area contributed by atoms with Crippen molar-refractivity contribution >= 4 is 29.7 Å². The number of carbonyl (C=O) groups is 2. The predicted molar refractivity (Wildman–Crippen MR) is 102 cm³/mol. The smallest absolute Gasteiger partial charge is 0.251 e. The highest BCUT2D eigenvalue weighted by Crippen LogP contribution is 2.28. The SMILES string of the molecule is CC(=O)N1CCc2cc(C(=O)NCCc3n[nH]c(=S)n3C(C)C)ccc21. The van der Waals surface area contributed by atoms with Crippen molar-refractivity contribution in [2.45, 2.75) is 39.7 Å². The number of H-pyrrole nitrogens is 1. The molecule has 0 radical (unpaired) electrons. The van der Waals surface area contributed by atoms with Crippen molar-refractivity contribution in [3.8, 4) is 0 Å². The number of aromatic amines is 1. The number of anilines is 1. The largest absolute Gasteiger partial charge is 0.352 e. The molecule has 0 saturated heterocycles. The quantitative estimate of drug-likeness (QED) is 0.789. The lowest BCUT2D eigenvalue weighted by atomic mass is 10.1. The van der Waals surface area contributed by atoms with Gasteiger partial charge in [0.2, 0.25) is 5.91 Å². The van der Waals surface area contributed by atoms with Crippen LogP contribution in [0.1, 0.15) is 48.6 Å². The fraction of sp³-hybridized carbons (Fsp3) is 0.444. The van der Waals surface area contributed by atoms with Gasteiger partial charge in [-0.15, -0.1) is 0 Å². The molecule has 1 aromatic heterocycles. The molecule has 1 aromatic carbocycles. The van der Waals surface area contributed by atoms with E-state index in [0.29, 0.717) is 29.8 Å². The number of rotatable bonds is 5. The molecule has 0 atom stereocenters. The molecule has 0 spiro atoms. The molecular weight excluding hydrogens is 350 g/mol. The van der Waals surface area contributed by atoms with Crippen molar-refractivity contribution in [2.75, 3.05) is 18.0 Å². The summed E-state index contributed by atoms with van der Waals surface area (Å²) >= 11 is 5.23. The third-order valence-electron chi connectivity index (χ3n) is 4.55. The van der Waals surface area contributed by atoms with Crippen LogP contribution in [0.4, 0.5) is 5.69 Å². The third kappa shape index (κ3) is 3.55. The van der Waals surface area contributed by atoms with Gasteiger partial charge in [-0.2, -0.15) is 5.10 Å². The Morgan fingerprint density at radius 3 is 2.85 bits per heavy atom. The van der Waals surface area contributed by atoms with Crippen LogP contribution in [0.2, 0.25) is 0 Å². The standard InChI is InChI=1S/C18H23N5O2S/c1-11(2)23-16(20-21-18(23)26)6-8-19-17(25)14-4-5-15-13(10-14)7-9-22(15)12(3)24/h4-5,10-11H,6-9H2,1-3H3,(H,19,25)(H,21,26). The molecule has 1 aliphatic rings. The van der Waals surface area contributed by atoms with E-state index in [1.165, 1.54) is 0 Å². The molecule has 0 bridgehead atoms. The van der Waals surface area contributed by atoms with Crippen LogP contribution in [-0.4, -0.2) is 39.7 Å². The van der Waals surface area contributed by atoms with Crippen LogP contribution in [0.3, 0.4) is 0 Å². The highest BCUT2D eigenvalue weighted by Gasteiger charge is 2.23. The molecule has 0 fully saturated rings. The van der Waals surface area contributed by atoms with Gasteiger partial charge in [0.15, 0.2) is 4.77 Å². The summed E-state index contributed by atoms with van der Waals surface area (Å²) in [7, 11) is 0. The average Bonchev–Trinajstić information content (AvgIpc) is 3.17. The first kappa shape index (κ1) is 18.3. The lowest BCUT2D eigenvalue weighted by molar-refractivity contribution is -0.116. The summed E-state index contributed by atoms with van der Waals surface area (Å²) in [5.41, 5.74) is 2.55. The summed E-state index contributed by atoms with van der Waals surface area (Å²) in [4.78, 5) is 25.8. The van der Waals surface area contributed by atoms with Gasteiger partial charge in [-0.1, -0.05) is 0 Å². The van der Waals surface area contributed by atoms with Gasteiger partial charge in [0.05, 0.1) is 0 Å². The van der Waals surface area contributed by atoms with Crippen LogP contribution < -0.4 is 10.2 Å². The number of nitrogens with zero attached hydrogens (tertiary/aromatic N) is 3. The van der Waals surface area contributed by atoms with E-state index >= 15 is 0 Å². The molecule has 26 heavy (non-hydrogen) atoms. The fourth-order valence-electron chi connectivity index (χ4n) is 3.31. The number of nitrogens with one attached hydrogen (secondary N) is 2. The minimum Gasteiger partial charge on any atom is -0.352 e. The van der Waals surface area contributed by atoms with Crippen LogP contribution in [0.25, 0.3) is 0 Å². The molecule has 2 N–H and O–H groups in total. The molecular formula is C18H23N5O2S. The minimum atomic E-state index is -0.126. The maximum absolute atomic E-state index is 12.4. The molecule has 0 aliphatic carbocycles. The second-order valence-corrected chi connectivity index (χ2v) is 7.07. The predicted octanol–water partition coefficient (Wildman–Crippen LogP) is 2.40. The van der Waals surface area contributed by atoms with Gasteiger partial charge in [-0.05, 0) is 56.2 Å². The van der Waals surface area contributed by atoms with Crippen molar-refractivity contribution in [1.29, 1.82) is 0 Å². The van der Waals surface area contributed by atoms with Gasteiger partial charge >= 0.3 is 0 Å². The molecule has 0 unspecified atom stereocenters. The number of aromatic nitrogens is 3. The highest BCUT2D eigenvalue weighted by atomic mass is 32.1. The molecule has 8 heteroatoms. The zero-order valence-corrected chi connectivity index (χ0v) is 16.0. The zero-order chi connectivity index (χ0) is 18.8. The second-order valence-electron chi connectivity index (χ2n) is 6.68. The van der Waals surface area contributed by atoms with E-state index in [9.17, 15) is 9.59 Å². The number of carbonyl (C=O) groups excluding carboxylic acids is 2. The van der Waals surface area contributed by atoms with E-state index in [1.54, 1.807) is 17.9 Å². The summed E-state index contributed by atoms with van der Waals surface area (Å²) in [6, 6.07) is 5.70. The summed E-state index contributed by atoms with van der Waals surface area (Å²) in [6.45, 7) is 6.79. The van der Waals surface area contributed by atoms with E-state index in [0.717, 1.165) is 23.5 Å². The van der Waals surface area contributed by atoms with Crippen molar-refractivity contribution in [2.24, 2.45) is 0 Å². The maximum atomic E-state index is 12.4. The van der Waals surface area contributed by atoms with Crippen LogP contribution >= 0.6 is 12.2 Å². The summed E-state index contributed by atoms with van der Waals surface area (Å²) in [6.07, 6.45) is 1.37. The Morgan fingerprint density at radius 1 is 1.38 bits per heavy atom. The van der Waals surface area contributed by atoms with E-state index in [-0.39, 0.29) is 17.9 Å². The van der Waals surface area contributed by atoms with Gasteiger partial charge in [0, 0.05) is 43.7 Å². The molecule has 1 aliphatic heterocycles. The lowest BCUT2D eigenvalue weighted by Gasteiger charge is -2.15. The Labute approximate surface area is 157 Å². The zero-order valence-electron chi connectivity index (χ0n) is 15.2. The molecule has 2 aromatic rings. The first-order valence-electron chi connectivity index (χ1n) is 8.73. The Kier molecular flexibility index (Phi) is 5.22. The van der Waals surface area contributed by atoms with Crippen LogP contribution in [0, 0.1) is 4.77 Å². The normalized spacial score (nSPS) is 13.2. The minimum absolute atomic E-state index is 0.0273. The summed E-state index contributed by atoms with van der Waals surface area (Å²) < 4.78 is 2.54. The average molecular weight is 373 g/mol. The molecule has 3 rings (SSSR count). The monoisotopic (exact) mass is 373 g/mol. The van der Waals surface area contributed by atoms with Crippen molar-refractivity contribution < 1.29 is 9.59 Å². The molecule has 138 valence electrons. The summed E-state index contributed by atoms with van der Waals surface area (Å²) in [5.74, 6) is 0.732. The number of fused-ring (bicyclic) bond motifs is 1. The Balaban J connectivity index is 1.63. The van der Waals surface area contributed by atoms with Crippen molar-refractivity contribution in [3.05, 3.63) is 39.9 Å². The molecule has 7 nitrogen and oxygen atoms in total. The van der Waals surface area contributed by atoms with E-state index in [2.05, 4.69) is 15.5 Å². The van der Waals surface area contributed by atoms with Crippen LogP contribution in [0.5, 0.6) is 0 Å². The van der Waals surface area contributed by atoms with Crippen LogP contribution in [-0.2, 0) is 17.6 Å². The Morgan fingerprint density at radius 2 is 2.15 bits per heavy atom. The number of benzene rings is 1. The Hall–Kier alpha value is -2.48.